The second-order valence-electron chi connectivity index (χ2n) is 4.76. The number of ether oxygens (including phenoxy) is 2. The van der Waals surface area contributed by atoms with E-state index in [0.29, 0.717) is 11.3 Å². The predicted molar refractivity (Wildman–Crippen MR) is 80.1 cm³/mol. The van der Waals surface area contributed by atoms with Gasteiger partial charge in [-0.25, -0.2) is 0 Å². The van der Waals surface area contributed by atoms with Gasteiger partial charge in [0.2, 0.25) is 0 Å². The highest BCUT2D eigenvalue weighted by Crippen LogP contribution is 2.32. The monoisotopic (exact) mass is 303 g/mol. The molecule has 2 aromatic rings. The van der Waals surface area contributed by atoms with Crippen molar-refractivity contribution in [1.29, 1.82) is 0 Å². The van der Waals surface area contributed by atoms with Gasteiger partial charge >= 0.3 is 0 Å². The number of nitro groups is 1. The van der Waals surface area contributed by atoms with Crippen molar-refractivity contribution in [3.8, 4) is 5.75 Å². The zero-order valence-electron chi connectivity index (χ0n) is 12.1. The van der Waals surface area contributed by atoms with Crippen molar-refractivity contribution in [2.24, 2.45) is 0 Å². The lowest BCUT2D eigenvalue weighted by atomic mass is 10.0. The fourth-order valence-electron chi connectivity index (χ4n) is 2.12. The third-order valence-electron chi connectivity index (χ3n) is 3.22. The molecule has 0 radical (unpaired) electrons. The SMILES string of the molecule is COC(O)(C[N+](=O)[O-])C(Oc1ccccc1)c1ccccc1. The molecule has 22 heavy (non-hydrogen) atoms. The third-order valence-corrected chi connectivity index (χ3v) is 3.22. The lowest BCUT2D eigenvalue weighted by molar-refractivity contribution is -0.525. The van der Waals surface area contributed by atoms with Crippen molar-refractivity contribution in [2.45, 2.75) is 11.9 Å². The highest BCUT2D eigenvalue weighted by molar-refractivity contribution is 5.26. The molecule has 116 valence electrons. The maximum Gasteiger partial charge on any atom is 0.274 e. The molecule has 0 amide bonds. The van der Waals surface area contributed by atoms with E-state index in [9.17, 15) is 15.2 Å². The number of hydrogen-bond acceptors (Lipinski definition) is 5. The quantitative estimate of drug-likeness (QED) is 0.482. The average Bonchev–Trinajstić information content (AvgIpc) is 2.53. The maximum atomic E-state index is 10.9. The standard InChI is InChI=1S/C16H17NO5/c1-21-16(18,12-17(19)20)15(13-8-4-2-5-9-13)22-14-10-6-3-7-11-14/h2-11,15,18H,12H2,1H3. The molecule has 0 spiro atoms. The summed E-state index contributed by atoms with van der Waals surface area (Å²) in [5, 5.41) is 21.4. The Hall–Kier alpha value is -2.44. The van der Waals surface area contributed by atoms with Gasteiger partial charge in [-0.3, -0.25) is 10.1 Å². The van der Waals surface area contributed by atoms with E-state index in [4.69, 9.17) is 9.47 Å². The number of benzene rings is 2. The first-order valence-electron chi connectivity index (χ1n) is 6.71. The predicted octanol–water partition coefficient (Wildman–Crippen LogP) is 2.42. The van der Waals surface area contributed by atoms with Crippen LogP contribution in [0.25, 0.3) is 0 Å². The van der Waals surface area contributed by atoms with Crippen LogP contribution in [-0.4, -0.2) is 29.5 Å². The van der Waals surface area contributed by atoms with Gasteiger partial charge in [0.05, 0.1) is 0 Å². The molecule has 0 saturated heterocycles. The van der Waals surface area contributed by atoms with Crippen LogP contribution < -0.4 is 4.74 Å². The van der Waals surface area contributed by atoms with Crippen LogP contribution in [0.15, 0.2) is 60.7 Å². The van der Waals surface area contributed by atoms with Gasteiger partial charge in [0.1, 0.15) is 5.75 Å². The normalized spacial score (nSPS) is 14.8. The van der Waals surface area contributed by atoms with Gasteiger partial charge in [0.15, 0.2) is 6.10 Å². The van der Waals surface area contributed by atoms with Crippen LogP contribution in [0.4, 0.5) is 0 Å². The van der Waals surface area contributed by atoms with Gasteiger partial charge < -0.3 is 14.6 Å². The molecule has 1 N–H and O–H groups in total. The van der Waals surface area contributed by atoms with Crippen LogP contribution in [-0.2, 0) is 4.74 Å². The van der Waals surface area contributed by atoms with E-state index in [1.165, 1.54) is 7.11 Å². The first-order valence-corrected chi connectivity index (χ1v) is 6.71. The van der Waals surface area contributed by atoms with Crippen molar-refractivity contribution in [3.63, 3.8) is 0 Å². The van der Waals surface area contributed by atoms with E-state index in [2.05, 4.69) is 0 Å². The second-order valence-corrected chi connectivity index (χ2v) is 4.76. The van der Waals surface area contributed by atoms with E-state index in [1.54, 1.807) is 48.5 Å². The summed E-state index contributed by atoms with van der Waals surface area (Å²) < 4.78 is 10.8. The zero-order valence-corrected chi connectivity index (χ0v) is 12.1. The summed E-state index contributed by atoms with van der Waals surface area (Å²) in [4.78, 5) is 10.2. The molecule has 6 heteroatoms. The van der Waals surface area contributed by atoms with Crippen molar-refractivity contribution < 1.29 is 19.5 Å². The Morgan fingerprint density at radius 3 is 2.18 bits per heavy atom. The van der Waals surface area contributed by atoms with Crippen molar-refractivity contribution in [3.05, 3.63) is 76.3 Å². The molecule has 0 saturated carbocycles. The number of rotatable bonds is 7. The first kappa shape index (κ1) is 15.9. The van der Waals surface area contributed by atoms with E-state index in [1.807, 2.05) is 12.1 Å². The molecule has 0 aliphatic carbocycles. The van der Waals surface area contributed by atoms with Crippen molar-refractivity contribution in [2.75, 3.05) is 13.7 Å². The molecule has 0 aliphatic rings. The van der Waals surface area contributed by atoms with Crippen LogP contribution >= 0.6 is 0 Å². The minimum Gasteiger partial charge on any atom is -0.480 e. The van der Waals surface area contributed by atoms with Gasteiger partial charge in [0.25, 0.3) is 12.3 Å². The number of aliphatic hydroxyl groups is 1. The Labute approximate surface area is 128 Å². The molecule has 0 aromatic heterocycles. The second kappa shape index (κ2) is 7.02. The molecule has 0 aliphatic heterocycles. The van der Waals surface area contributed by atoms with Crippen LogP contribution in [0.2, 0.25) is 0 Å². The fraction of sp³-hybridized carbons (Fsp3) is 0.250. The summed E-state index contributed by atoms with van der Waals surface area (Å²) in [6.45, 7) is -0.796. The number of hydrogen-bond donors (Lipinski definition) is 1. The molecule has 2 atom stereocenters. The Kier molecular flexibility index (Phi) is 5.08. The molecular weight excluding hydrogens is 286 g/mol. The molecule has 6 nitrogen and oxygen atoms in total. The van der Waals surface area contributed by atoms with Crippen LogP contribution in [0.3, 0.4) is 0 Å². The lowest BCUT2D eigenvalue weighted by Gasteiger charge is -2.32. The summed E-state index contributed by atoms with van der Waals surface area (Å²) in [7, 11) is 1.22. The highest BCUT2D eigenvalue weighted by Gasteiger charge is 2.45. The van der Waals surface area contributed by atoms with E-state index in [-0.39, 0.29) is 0 Å². The first-order chi connectivity index (χ1) is 10.5. The van der Waals surface area contributed by atoms with Gasteiger partial charge in [-0.05, 0) is 17.7 Å². The minimum atomic E-state index is -2.08. The van der Waals surface area contributed by atoms with Crippen molar-refractivity contribution in [1.82, 2.24) is 0 Å². The molecule has 2 rings (SSSR count). The number of methoxy groups -OCH3 is 1. The zero-order chi connectivity index (χ0) is 16.0. The Morgan fingerprint density at radius 1 is 1.14 bits per heavy atom. The van der Waals surface area contributed by atoms with Gasteiger partial charge in [-0.15, -0.1) is 0 Å². The smallest absolute Gasteiger partial charge is 0.274 e. The van der Waals surface area contributed by atoms with E-state index in [0.717, 1.165) is 0 Å². The summed E-state index contributed by atoms with van der Waals surface area (Å²) >= 11 is 0. The highest BCUT2D eigenvalue weighted by atomic mass is 16.7. The molecule has 0 heterocycles. The van der Waals surface area contributed by atoms with Gasteiger partial charge in [-0.1, -0.05) is 48.5 Å². The van der Waals surface area contributed by atoms with E-state index >= 15 is 0 Å². The molecule has 2 unspecified atom stereocenters. The maximum absolute atomic E-state index is 10.9. The van der Waals surface area contributed by atoms with Gasteiger partial charge in [0, 0.05) is 12.0 Å². The molecular formula is C16H17NO5. The van der Waals surface area contributed by atoms with Crippen LogP contribution in [0.5, 0.6) is 5.75 Å². The molecule has 0 fully saturated rings. The minimum absolute atomic E-state index is 0.482. The largest absolute Gasteiger partial charge is 0.480 e. The Balaban J connectivity index is 2.38. The van der Waals surface area contributed by atoms with Crippen molar-refractivity contribution >= 4 is 0 Å². The fourth-order valence-corrected chi connectivity index (χ4v) is 2.12. The lowest BCUT2D eigenvalue weighted by Crippen LogP contribution is -2.47. The number of nitrogens with zero attached hydrogens (tertiary/aromatic N) is 1. The number of para-hydroxylation sites is 1. The molecule has 0 bridgehead atoms. The summed E-state index contributed by atoms with van der Waals surface area (Å²) in [5.41, 5.74) is 0.581. The average molecular weight is 303 g/mol. The Morgan fingerprint density at radius 2 is 1.68 bits per heavy atom. The molecule has 2 aromatic carbocycles. The van der Waals surface area contributed by atoms with Gasteiger partial charge in [-0.2, -0.15) is 0 Å². The Bertz CT molecular complexity index is 604. The third kappa shape index (κ3) is 3.81. The summed E-state index contributed by atoms with van der Waals surface area (Å²) in [6.07, 6.45) is -1.04. The van der Waals surface area contributed by atoms with Crippen LogP contribution in [0.1, 0.15) is 11.7 Å². The van der Waals surface area contributed by atoms with Crippen LogP contribution in [0, 0.1) is 10.1 Å². The topological polar surface area (TPSA) is 81.8 Å². The summed E-state index contributed by atoms with van der Waals surface area (Å²) in [6, 6.07) is 17.6. The van der Waals surface area contributed by atoms with E-state index < -0.39 is 23.4 Å². The summed E-state index contributed by atoms with van der Waals surface area (Å²) in [5.74, 6) is -1.60.